The number of anilines is 1. The highest BCUT2D eigenvalue weighted by Gasteiger charge is 2.38. The van der Waals surface area contributed by atoms with Crippen molar-refractivity contribution >= 4 is 22.6 Å². The SMILES string of the molecule is Cc1nsc(N2CCC(C)C2C(=O)O)n1. The molecule has 1 fully saturated rings. The summed E-state index contributed by atoms with van der Waals surface area (Å²) in [5, 5.41) is 9.86. The predicted octanol–water partition coefficient (Wildman–Crippen LogP) is 1.15. The molecule has 1 N–H and O–H groups in total. The molecule has 0 amide bonds. The normalized spacial score (nSPS) is 25.9. The van der Waals surface area contributed by atoms with Crippen LogP contribution < -0.4 is 4.90 Å². The van der Waals surface area contributed by atoms with Gasteiger partial charge in [-0.1, -0.05) is 6.92 Å². The number of aromatic nitrogens is 2. The maximum absolute atomic E-state index is 11.1. The van der Waals surface area contributed by atoms with Gasteiger partial charge in [-0.05, 0) is 19.3 Å². The summed E-state index contributed by atoms with van der Waals surface area (Å²) in [5.41, 5.74) is 0. The van der Waals surface area contributed by atoms with Crippen molar-refractivity contribution in [1.29, 1.82) is 0 Å². The van der Waals surface area contributed by atoms with E-state index in [4.69, 9.17) is 5.11 Å². The first-order valence-corrected chi connectivity index (χ1v) is 5.66. The number of carboxylic acid groups (broad SMARTS) is 1. The van der Waals surface area contributed by atoms with Crippen LogP contribution >= 0.6 is 11.5 Å². The minimum absolute atomic E-state index is 0.173. The van der Waals surface area contributed by atoms with Gasteiger partial charge in [0.2, 0.25) is 5.13 Å². The summed E-state index contributed by atoms with van der Waals surface area (Å²) in [6.07, 6.45) is 0.898. The molecule has 2 heterocycles. The number of hydrogen-bond donors (Lipinski definition) is 1. The van der Waals surface area contributed by atoms with Crippen molar-refractivity contribution in [1.82, 2.24) is 9.36 Å². The minimum Gasteiger partial charge on any atom is -0.480 e. The Balaban J connectivity index is 2.25. The number of aryl methyl sites for hydroxylation is 1. The molecule has 1 aliphatic heterocycles. The summed E-state index contributed by atoms with van der Waals surface area (Å²) in [6, 6.07) is -0.447. The molecule has 1 aromatic heterocycles. The Bertz CT molecular complexity index is 379. The molecule has 0 radical (unpaired) electrons. The molecule has 1 aliphatic rings. The summed E-state index contributed by atoms with van der Waals surface area (Å²) in [7, 11) is 0. The first kappa shape index (κ1) is 10.4. The molecule has 15 heavy (non-hydrogen) atoms. The van der Waals surface area contributed by atoms with E-state index in [9.17, 15) is 4.79 Å². The lowest BCUT2D eigenvalue weighted by Gasteiger charge is -2.21. The maximum atomic E-state index is 11.1. The van der Waals surface area contributed by atoms with Crippen molar-refractivity contribution in [3.8, 4) is 0 Å². The second kappa shape index (κ2) is 3.77. The lowest BCUT2D eigenvalue weighted by atomic mass is 10.0. The number of carboxylic acids is 1. The molecule has 6 heteroatoms. The zero-order valence-electron chi connectivity index (χ0n) is 8.67. The van der Waals surface area contributed by atoms with E-state index in [-0.39, 0.29) is 5.92 Å². The van der Waals surface area contributed by atoms with Crippen LogP contribution in [0.15, 0.2) is 0 Å². The largest absolute Gasteiger partial charge is 0.480 e. The second-order valence-electron chi connectivity index (χ2n) is 3.87. The Hall–Kier alpha value is -1.17. The molecule has 5 nitrogen and oxygen atoms in total. The number of rotatable bonds is 2. The lowest BCUT2D eigenvalue weighted by molar-refractivity contribution is -0.139. The van der Waals surface area contributed by atoms with Gasteiger partial charge < -0.3 is 10.0 Å². The first-order chi connectivity index (χ1) is 7.09. The zero-order valence-corrected chi connectivity index (χ0v) is 9.49. The van der Waals surface area contributed by atoms with Gasteiger partial charge in [-0.3, -0.25) is 0 Å². The fourth-order valence-corrected chi connectivity index (χ4v) is 2.68. The van der Waals surface area contributed by atoms with Crippen molar-refractivity contribution < 1.29 is 9.90 Å². The molecule has 0 aromatic carbocycles. The Morgan fingerprint density at radius 2 is 2.40 bits per heavy atom. The smallest absolute Gasteiger partial charge is 0.326 e. The van der Waals surface area contributed by atoms with E-state index < -0.39 is 12.0 Å². The quantitative estimate of drug-likeness (QED) is 0.820. The Labute approximate surface area is 91.9 Å². The van der Waals surface area contributed by atoms with Gasteiger partial charge in [0.05, 0.1) is 0 Å². The third-order valence-electron chi connectivity index (χ3n) is 2.72. The predicted molar refractivity (Wildman–Crippen MR) is 57.2 cm³/mol. The molecule has 1 saturated heterocycles. The molecular formula is C9H13N3O2S. The zero-order chi connectivity index (χ0) is 11.0. The van der Waals surface area contributed by atoms with Gasteiger partial charge in [-0.15, -0.1) is 0 Å². The van der Waals surface area contributed by atoms with E-state index in [1.165, 1.54) is 11.5 Å². The van der Waals surface area contributed by atoms with Gasteiger partial charge in [0.1, 0.15) is 11.9 Å². The molecule has 2 unspecified atom stereocenters. The van der Waals surface area contributed by atoms with E-state index in [1.54, 1.807) is 0 Å². The summed E-state index contributed by atoms with van der Waals surface area (Å²) in [5.74, 6) is 0.109. The van der Waals surface area contributed by atoms with E-state index in [0.717, 1.165) is 18.1 Å². The summed E-state index contributed by atoms with van der Waals surface area (Å²) in [4.78, 5) is 17.2. The molecule has 1 aromatic rings. The van der Waals surface area contributed by atoms with Crippen molar-refractivity contribution in [3.05, 3.63) is 5.82 Å². The standard InChI is InChI=1S/C9H13N3O2S/c1-5-3-4-12(7(5)8(13)14)9-10-6(2)11-15-9/h5,7H,3-4H2,1-2H3,(H,13,14). The third-order valence-corrected chi connectivity index (χ3v) is 3.56. The second-order valence-corrected chi connectivity index (χ2v) is 4.60. The highest BCUT2D eigenvalue weighted by atomic mass is 32.1. The number of hydrogen-bond acceptors (Lipinski definition) is 5. The average molecular weight is 227 g/mol. The van der Waals surface area contributed by atoms with Gasteiger partial charge in [-0.2, -0.15) is 4.37 Å². The highest BCUT2D eigenvalue weighted by Crippen LogP contribution is 2.30. The maximum Gasteiger partial charge on any atom is 0.326 e. The number of aliphatic carboxylic acids is 1. The van der Waals surface area contributed by atoms with Crippen LogP contribution in [-0.4, -0.2) is 33.0 Å². The molecular weight excluding hydrogens is 214 g/mol. The van der Waals surface area contributed by atoms with E-state index >= 15 is 0 Å². The van der Waals surface area contributed by atoms with Gasteiger partial charge in [-0.25, -0.2) is 9.78 Å². The molecule has 0 spiro atoms. The van der Waals surface area contributed by atoms with Crippen LogP contribution in [0.4, 0.5) is 5.13 Å². The molecule has 82 valence electrons. The number of nitrogens with zero attached hydrogens (tertiary/aromatic N) is 3. The number of carbonyl (C=O) groups is 1. The summed E-state index contributed by atoms with van der Waals surface area (Å²) >= 11 is 1.27. The lowest BCUT2D eigenvalue weighted by Crippen LogP contribution is -2.38. The monoisotopic (exact) mass is 227 g/mol. The van der Waals surface area contributed by atoms with Gasteiger partial charge in [0, 0.05) is 18.1 Å². The van der Waals surface area contributed by atoms with Crippen LogP contribution in [0.1, 0.15) is 19.2 Å². The Kier molecular flexibility index (Phi) is 2.60. The molecule has 0 saturated carbocycles. The van der Waals surface area contributed by atoms with Gasteiger partial charge in [0.15, 0.2) is 0 Å². The van der Waals surface area contributed by atoms with Crippen LogP contribution in [0.3, 0.4) is 0 Å². The van der Waals surface area contributed by atoms with Crippen LogP contribution in [0.2, 0.25) is 0 Å². The fourth-order valence-electron chi connectivity index (χ4n) is 1.94. The van der Waals surface area contributed by atoms with E-state index in [0.29, 0.717) is 5.82 Å². The summed E-state index contributed by atoms with van der Waals surface area (Å²) in [6.45, 7) is 4.54. The van der Waals surface area contributed by atoms with Crippen LogP contribution in [0.5, 0.6) is 0 Å². The minimum atomic E-state index is -0.771. The van der Waals surface area contributed by atoms with E-state index in [1.807, 2.05) is 18.7 Å². The average Bonchev–Trinajstić information content (AvgIpc) is 2.71. The van der Waals surface area contributed by atoms with Crippen molar-refractivity contribution in [2.45, 2.75) is 26.3 Å². The van der Waals surface area contributed by atoms with Crippen molar-refractivity contribution in [2.75, 3.05) is 11.4 Å². The topological polar surface area (TPSA) is 66.3 Å². The molecule has 0 bridgehead atoms. The van der Waals surface area contributed by atoms with Crippen LogP contribution in [-0.2, 0) is 4.79 Å². The van der Waals surface area contributed by atoms with Gasteiger partial charge in [0.25, 0.3) is 0 Å². The third kappa shape index (κ3) is 1.81. The van der Waals surface area contributed by atoms with Crippen LogP contribution in [0, 0.1) is 12.8 Å². The fraction of sp³-hybridized carbons (Fsp3) is 0.667. The van der Waals surface area contributed by atoms with Crippen molar-refractivity contribution in [2.24, 2.45) is 5.92 Å². The molecule has 2 rings (SSSR count). The van der Waals surface area contributed by atoms with Crippen molar-refractivity contribution in [3.63, 3.8) is 0 Å². The summed E-state index contributed by atoms with van der Waals surface area (Å²) < 4.78 is 4.08. The Morgan fingerprint density at radius 3 is 2.93 bits per heavy atom. The highest BCUT2D eigenvalue weighted by molar-refractivity contribution is 7.09. The first-order valence-electron chi connectivity index (χ1n) is 4.89. The van der Waals surface area contributed by atoms with E-state index in [2.05, 4.69) is 9.36 Å². The molecule has 2 atom stereocenters. The van der Waals surface area contributed by atoms with Gasteiger partial charge >= 0.3 is 5.97 Å². The van der Waals surface area contributed by atoms with Crippen LogP contribution in [0.25, 0.3) is 0 Å². The molecule has 0 aliphatic carbocycles. The Morgan fingerprint density at radius 1 is 1.67 bits per heavy atom.